The zero-order valence-corrected chi connectivity index (χ0v) is 17.5. The molecule has 2 fully saturated rings. The topological polar surface area (TPSA) is 18.5 Å². The summed E-state index contributed by atoms with van der Waals surface area (Å²) in [6.45, 7) is 2.33. The number of benzene rings is 3. The van der Waals surface area contributed by atoms with Crippen LogP contribution in [0, 0.1) is 5.92 Å². The minimum atomic E-state index is -0.670. The minimum Gasteiger partial charge on any atom is -0.338 e. The maximum absolute atomic E-state index is 6.98. The van der Waals surface area contributed by atoms with E-state index in [0.717, 1.165) is 24.2 Å². The SMILES string of the molecule is C[C@H]1CC2(c3ccccc3)OC(CSc3ccccc3)C(c3ccccc3)(C1)O2. The lowest BCUT2D eigenvalue weighted by Crippen LogP contribution is -2.44. The van der Waals surface area contributed by atoms with Crippen LogP contribution in [-0.2, 0) is 20.9 Å². The second kappa shape index (κ2) is 7.64. The Bertz CT molecular complexity index is 946. The summed E-state index contributed by atoms with van der Waals surface area (Å²) in [7, 11) is 0. The summed E-state index contributed by atoms with van der Waals surface area (Å²) >= 11 is 1.85. The van der Waals surface area contributed by atoms with Crippen molar-refractivity contribution in [1.82, 2.24) is 0 Å². The summed E-state index contributed by atoms with van der Waals surface area (Å²) < 4.78 is 13.8. The molecule has 0 spiro atoms. The highest BCUT2D eigenvalue weighted by atomic mass is 32.2. The van der Waals surface area contributed by atoms with E-state index in [-0.39, 0.29) is 6.10 Å². The third kappa shape index (κ3) is 3.42. The van der Waals surface area contributed by atoms with Gasteiger partial charge in [0.2, 0.25) is 0 Å². The van der Waals surface area contributed by atoms with Gasteiger partial charge in [-0.2, -0.15) is 0 Å². The second-order valence-electron chi connectivity index (χ2n) is 8.22. The maximum atomic E-state index is 6.98. The van der Waals surface area contributed by atoms with Gasteiger partial charge in [-0.15, -0.1) is 11.8 Å². The monoisotopic (exact) mass is 402 g/mol. The van der Waals surface area contributed by atoms with Crippen LogP contribution in [0.4, 0.5) is 0 Å². The van der Waals surface area contributed by atoms with E-state index in [4.69, 9.17) is 9.47 Å². The van der Waals surface area contributed by atoms with E-state index in [1.807, 2.05) is 11.8 Å². The van der Waals surface area contributed by atoms with Gasteiger partial charge >= 0.3 is 0 Å². The van der Waals surface area contributed by atoms with Crippen molar-refractivity contribution in [3.8, 4) is 0 Å². The number of fused-ring (bicyclic) bond motifs is 2. The first kappa shape index (κ1) is 18.9. The van der Waals surface area contributed by atoms with Gasteiger partial charge in [0.25, 0.3) is 0 Å². The predicted octanol–water partition coefficient (Wildman–Crippen LogP) is 6.37. The van der Waals surface area contributed by atoms with Gasteiger partial charge in [-0.3, -0.25) is 0 Å². The highest BCUT2D eigenvalue weighted by molar-refractivity contribution is 7.99. The van der Waals surface area contributed by atoms with Crippen molar-refractivity contribution in [3.63, 3.8) is 0 Å². The quantitative estimate of drug-likeness (QED) is 0.462. The van der Waals surface area contributed by atoms with E-state index < -0.39 is 11.4 Å². The molecule has 2 nitrogen and oxygen atoms in total. The summed E-state index contributed by atoms with van der Waals surface area (Å²) in [6.07, 6.45) is 1.85. The number of hydrogen-bond donors (Lipinski definition) is 0. The molecule has 0 N–H and O–H groups in total. The Morgan fingerprint density at radius 3 is 2.03 bits per heavy atom. The van der Waals surface area contributed by atoms with Gasteiger partial charge in [0.05, 0.1) is 0 Å². The molecular formula is C26H26O2S. The van der Waals surface area contributed by atoms with Crippen molar-refractivity contribution >= 4 is 11.8 Å². The molecule has 0 radical (unpaired) electrons. The fourth-order valence-corrected chi connectivity index (χ4v) is 5.93. The van der Waals surface area contributed by atoms with Crippen LogP contribution in [0.5, 0.6) is 0 Å². The molecule has 4 atom stereocenters. The summed E-state index contributed by atoms with van der Waals surface area (Å²) in [4.78, 5) is 1.27. The van der Waals surface area contributed by atoms with Gasteiger partial charge in [0.1, 0.15) is 11.7 Å². The Morgan fingerprint density at radius 1 is 0.793 bits per heavy atom. The summed E-state index contributed by atoms with van der Waals surface area (Å²) in [5.74, 6) is 0.701. The second-order valence-corrected chi connectivity index (χ2v) is 9.31. The van der Waals surface area contributed by atoms with Crippen molar-refractivity contribution < 1.29 is 9.47 Å². The molecule has 0 aromatic heterocycles. The lowest BCUT2D eigenvalue weighted by Gasteiger charge is -2.42. The first-order valence-corrected chi connectivity index (χ1v) is 11.4. The average Bonchev–Trinajstić information content (AvgIpc) is 3.03. The number of hydrogen-bond acceptors (Lipinski definition) is 3. The number of rotatable bonds is 5. The van der Waals surface area contributed by atoms with Crippen molar-refractivity contribution in [1.29, 1.82) is 0 Å². The standard InChI is InChI=1S/C26H26O2S/c1-20-17-25(21-11-5-2-6-12-21)24(19-29-23-15-9-4-10-16-23)27-26(18-20,28-25)22-13-7-3-8-14-22/h2-16,20,24H,17-19H2,1H3/t20-,24?,25?,26?/m1/s1. The van der Waals surface area contributed by atoms with E-state index in [1.165, 1.54) is 10.5 Å². The highest BCUT2D eigenvalue weighted by Crippen LogP contribution is 2.59. The van der Waals surface area contributed by atoms with Crippen LogP contribution in [0.15, 0.2) is 95.9 Å². The van der Waals surface area contributed by atoms with Crippen LogP contribution in [0.2, 0.25) is 0 Å². The Hall–Kier alpha value is -2.07. The first-order chi connectivity index (χ1) is 14.2. The fraction of sp³-hybridized carbons (Fsp3) is 0.308. The first-order valence-electron chi connectivity index (χ1n) is 10.4. The molecule has 0 saturated carbocycles. The Labute approximate surface area is 177 Å². The van der Waals surface area contributed by atoms with Crippen LogP contribution >= 0.6 is 11.8 Å². The fourth-order valence-electron chi connectivity index (χ4n) is 4.90. The van der Waals surface area contributed by atoms with Gasteiger partial charge in [-0.05, 0) is 30.0 Å². The highest BCUT2D eigenvalue weighted by Gasteiger charge is 2.62. The van der Waals surface area contributed by atoms with Crippen molar-refractivity contribution in [3.05, 3.63) is 102 Å². The maximum Gasteiger partial charge on any atom is 0.196 e. The van der Waals surface area contributed by atoms with Gasteiger partial charge in [0, 0.05) is 22.6 Å². The molecule has 29 heavy (non-hydrogen) atoms. The molecule has 0 amide bonds. The molecule has 2 saturated heterocycles. The van der Waals surface area contributed by atoms with E-state index in [9.17, 15) is 0 Å². The molecule has 3 heteroatoms. The summed E-state index contributed by atoms with van der Waals surface area (Å²) in [5, 5.41) is 0. The van der Waals surface area contributed by atoms with Crippen molar-refractivity contribution in [2.45, 2.75) is 42.2 Å². The number of thioether (sulfide) groups is 1. The van der Waals surface area contributed by atoms with Crippen LogP contribution in [0.3, 0.4) is 0 Å². The van der Waals surface area contributed by atoms with Crippen LogP contribution in [0.1, 0.15) is 30.9 Å². The molecule has 3 aromatic rings. The summed E-state index contributed by atoms with van der Waals surface area (Å²) in [6, 6.07) is 31.7. The molecule has 3 aromatic carbocycles. The van der Waals surface area contributed by atoms with Gasteiger partial charge in [0.15, 0.2) is 5.79 Å². The largest absolute Gasteiger partial charge is 0.338 e. The minimum absolute atomic E-state index is 0.0136. The van der Waals surface area contributed by atoms with Crippen LogP contribution in [-0.4, -0.2) is 11.9 Å². The van der Waals surface area contributed by atoms with Crippen molar-refractivity contribution in [2.24, 2.45) is 5.92 Å². The predicted molar refractivity (Wildman–Crippen MR) is 118 cm³/mol. The molecule has 2 aliphatic heterocycles. The molecule has 2 aliphatic rings. The molecular weight excluding hydrogens is 376 g/mol. The molecule has 2 heterocycles. The van der Waals surface area contributed by atoms with Crippen molar-refractivity contribution in [2.75, 3.05) is 5.75 Å². The van der Waals surface area contributed by atoms with E-state index in [0.29, 0.717) is 5.92 Å². The van der Waals surface area contributed by atoms with Gasteiger partial charge < -0.3 is 9.47 Å². The molecule has 0 aliphatic carbocycles. The lowest BCUT2D eigenvalue weighted by molar-refractivity contribution is -0.236. The summed E-state index contributed by atoms with van der Waals surface area (Å²) in [5.41, 5.74) is 1.93. The van der Waals surface area contributed by atoms with Gasteiger partial charge in [-0.1, -0.05) is 85.8 Å². The van der Waals surface area contributed by atoms with E-state index in [2.05, 4.69) is 97.9 Å². The van der Waals surface area contributed by atoms with Crippen LogP contribution in [0.25, 0.3) is 0 Å². The zero-order chi connectivity index (χ0) is 19.7. The molecule has 2 bridgehead atoms. The lowest BCUT2D eigenvalue weighted by atomic mass is 9.77. The third-order valence-corrected chi connectivity index (χ3v) is 7.16. The Morgan fingerprint density at radius 2 is 1.38 bits per heavy atom. The Balaban J connectivity index is 1.55. The number of ether oxygens (including phenoxy) is 2. The van der Waals surface area contributed by atoms with E-state index in [1.54, 1.807) is 0 Å². The zero-order valence-electron chi connectivity index (χ0n) is 16.7. The third-order valence-electron chi connectivity index (χ3n) is 6.09. The molecule has 3 unspecified atom stereocenters. The van der Waals surface area contributed by atoms with Crippen LogP contribution < -0.4 is 0 Å². The smallest absolute Gasteiger partial charge is 0.196 e. The van der Waals surface area contributed by atoms with E-state index >= 15 is 0 Å². The normalized spacial score (nSPS) is 30.9. The molecule has 148 valence electrons. The Kier molecular flexibility index (Phi) is 4.99. The average molecular weight is 403 g/mol. The molecule has 5 rings (SSSR count). The van der Waals surface area contributed by atoms with Gasteiger partial charge in [-0.25, -0.2) is 0 Å².